The van der Waals surface area contributed by atoms with E-state index in [-0.39, 0.29) is 11.7 Å². The number of thiazole rings is 1. The van der Waals surface area contributed by atoms with E-state index in [1.165, 1.54) is 30.6 Å². The lowest BCUT2D eigenvalue weighted by Gasteiger charge is -2.10. The van der Waals surface area contributed by atoms with Crippen LogP contribution in [0, 0.1) is 5.82 Å². The van der Waals surface area contributed by atoms with Crippen molar-refractivity contribution < 1.29 is 13.9 Å². The molecule has 0 aliphatic rings. The third-order valence-electron chi connectivity index (χ3n) is 3.96. The molecule has 4 aromatic rings. The van der Waals surface area contributed by atoms with Crippen molar-refractivity contribution in [2.24, 2.45) is 0 Å². The molecular formula is C19H14FN3O2S. The molecule has 0 bridgehead atoms. The Morgan fingerprint density at radius 2 is 1.96 bits per heavy atom. The second-order valence-corrected chi connectivity index (χ2v) is 6.40. The summed E-state index contributed by atoms with van der Waals surface area (Å²) >= 11 is 1.45. The van der Waals surface area contributed by atoms with Crippen molar-refractivity contribution in [3.63, 3.8) is 0 Å². The summed E-state index contributed by atoms with van der Waals surface area (Å²) in [5.74, 6) is 0.386. The van der Waals surface area contributed by atoms with Crippen molar-refractivity contribution in [2.45, 2.75) is 0 Å². The predicted molar refractivity (Wildman–Crippen MR) is 99.4 cm³/mol. The van der Waals surface area contributed by atoms with Crippen molar-refractivity contribution >= 4 is 28.0 Å². The van der Waals surface area contributed by atoms with E-state index in [1.807, 2.05) is 11.6 Å². The molecule has 130 valence electrons. The van der Waals surface area contributed by atoms with Gasteiger partial charge in [0.15, 0.2) is 4.96 Å². The molecule has 0 aliphatic carbocycles. The van der Waals surface area contributed by atoms with Crippen LogP contribution in [0.4, 0.5) is 10.2 Å². The summed E-state index contributed by atoms with van der Waals surface area (Å²) in [7, 11) is 1.52. The van der Waals surface area contributed by atoms with Crippen LogP contribution in [0.3, 0.4) is 0 Å². The number of ether oxygens (including phenoxy) is 1. The highest BCUT2D eigenvalue weighted by Crippen LogP contribution is 2.31. The Balaban J connectivity index is 1.78. The number of nitrogens with zero attached hydrogens (tertiary/aromatic N) is 2. The molecule has 2 heterocycles. The number of carbonyl (C=O) groups is 1. The van der Waals surface area contributed by atoms with E-state index in [0.29, 0.717) is 22.8 Å². The number of hydrogen-bond acceptors (Lipinski definition) is 4. The fourth-order valence-electron chi connectivity index (χ4n) is 2.72. The Labute approximate surface area is 152 Å². The van der Waals surface area contributed by atoms with E-state index in [2.05, 4.69) is 10.3 Å². The standard InChI is InChI=1S/C19H14FN3O2S/c1-25-15-5-3-2-4-14(15)18(24)22-17-16(12-6-8-13(20)9-7-12)21-19-23(17)10-11-26-19/h2-11H,1H3,(H,22,24). The summed E-state index contributed by atoms with van der Waals surface area (Å²) in [6.45, 7) is 0. The van der Waals surface area contributed by atoms with E-state index in [0.717, 1.165) is 10.5 Å². The van der Waals surface area contributed by atoms with Gasteiger partial charge in [-0.1, -0.05) is 12.1 Å². The van der Waals surface area contributed by atoms with E-state index in [4.69, 9.17) is 4.74 Å². The maximum absolute atomic E-state index is 13.3. The highest BCUT2D eigenvalue weighted by atomic mass is 32.1. The van der Waals surface area contributed by atoms with E-state index < -0.39 is 0 Å². The fraction of sp³-hybridized carbons (Fsp3) is 0.0526. The van der Waals surface area contributed by atoms with Crippen LogP contribution in [0.1, 0.15) is 10.4 Å². The second-order valence-electron chi connectivity index (χ2n) is 5.53. The molecule has 0 spiro atoms. The summed E-state index contributed by atoms with van der Waals surface area (Å²) in [5, 5.41) is 4.80. The summed E-state index contributed by atoms with van der Waals surface area (Å²) in [5.41, 5.74) is 1.72. The van der Waals surface area contributed by atoms with Crippen LogP contribution in [0.15, 0.2) is 60.1 Å². The van der Waals surface area contributed by atoms with E-state index in [1.54, 1.807) is 40.8 Å². The number of hydrogen-bond donors (Lipinski definition) is 1. The minimum atomic E-state index is -0.325. The molecule has 4 rings (SSSR count). The molecule has 0 saturated heterocycles. The lowest BCUT2D eigenvalue weighted by Crippen LogP contribution is -2.15. The number of carbonyl (C=O) groups excluding carboxylic acids is 1. The number of imidazole rings is 1. The second kappa shape index (κ2) is 6.61. The summed E-state index contributed by atoms with van der Waals surface area (Å²) in [4.78, 5) is 18.1. The van der Waals surface area contributed by atoms with Crippen LogP contribution in [0.2, 0.25) is 0 Å². The van der Waals surface area contributed by atoms with Crippen LogP contribution in [-0.2, 0) is 0 Å². The number of amides is 1. The van der Waals surface area contributed by atoms with Gasteiger partial charge in [0.2, 0.25) is 0 Å². The number of para-hydroxylation sites is 1. The van der Waals surface area contributed by atoms with Gasteiger partial charge in [-0.3, -0.25) is 9.20 Å². The van der Waals surface area contributed by atoms with Gasteiger partial charge >= 0.3 is 0 Å². The molecule has 0 unspecified atom stereocenters. The molecule has 5 nitrogen and oxygen atoms in total. The average molecular weight is 367 g/mol. The van der Waals surface area contributed by atoms with Gasteiger partial charge in [-0.2, -0.15) is 0 Å². The Kier molecular flexibility index (Phi) is 4.14. The summed E-state index contributed by atoms with van der Waals surface area (Å²) < 4.78 is 20.3. The molecule has 1 N–H and O–H groups in total. The number of aromatic nitrogens is 2. The third-order valence-corrected chi connectivity index (χ3v) is 4.72. The number of benzene rings is 2. The van der Waals surface area contributed by atoms with Crippen molar-refractivity contribution in [1.82, 2.24) is 9.38 Å². The van der Waals surface area contributed by atoms with Gasteiger partial charge in [0.05, 0.1) is 12.7 Å². The van der Waals surface area contributed by atoms with Gasteiger partial charge in [-0.25, -0.2) is 9.37 Å². The van der Waals surface area contributed by atoms with Crippen LogP contribution in [0.5, 0.6) is 5.75 Å². The van der Waals surface area contributed by atoms with Crippen molar-refractivity contribution in [3.05, 3.63) is 71.5 Å². The van der Waals surface area contributed by atoms with Gasteiger partial charge < -0.3 is 10.1 Å². The Morgan fingerprint density at radius 3 is 2.73 bits per heavy atom. The topological polar surface area (TPSA) is 55.6 Å². The molecule has 7 heteroatoms. The molecule has 0 atom stereocenters. The number of nitrogens with one attached hydrogen (secondary N) is 1. The van der Waals surface area contributed by atoms with Gasteiger partial charge in [0, 0.05) is 17.1 Å². The van der Waals surface area contributed by atoms with Crippen molar-refractivity contribution in [1.29, 1.82) is 0 Å². The van der Waals surface area contributed by atoms with Crippen molar-refractivity contribution in [3.8, 4) is 17.0 Å². The molecule has 26 heavy (non-hydrogen) atoms. The number of methoxy groups -OCH3 is 1. The van der Waals surface area contributed by atoms with Crippen LogP contribution in [0.25, 0.3) is 16.2 Å². The molecule has 0 aliphatic heterocycles. The molecule has 0 fully saturated rings. The zero-order valence-corrected chi connectivity index (χ0v) is 14.6. The van der Waals surface area contributed by atoms with Gasteiger partial charge in [0.25, 0.3) is 5.91 Å². The van der Waals surface area contributed by atoms with Crippen LogP contribution in [-0.4, -0.2) is 22.4 Å². The maximum Gasteiger partial charge on any atom is 0.260 e. The predicted octanol–water partition coefficient (Wildman–Crippen LogP) is 4.46. The SMILES string of the molecule is COc1ccccc1C(=O)Nc1c(-c2ccc(F)cc2)nc2sccn12. The number of halogens is 1. The van der Waals surface area contributed by atoms with Gasteiger partial charge in [-0.05, 0) is 36.4 Å². The highest BCUT2D eigenvalue weighted by Gasteiger charge is 2.19. The first-order valence-corrected chi connectivity index (χ1v) is 8.71. The Morgan fingerprint density at radius 1 is 1.19 bits per heavy atom. The monoisotopic (exact) mass is 367 g/mol. The molecule has 2 aromatic heterocycles. The average Bonchev–Trinajstić information content (AvgIpc) is 3.25. The first-order chi connectivity index (χ1) is 12.7. The number of anilines is 1. The molecule has 0 radical (unpaired) electrons. The van der Waals surface area contributed by atoms with Gasteiger partial charge in [-0.15, -0.1) is 11.3 Å². The lowest BCUT2D eigenvalue weighted by molar-refractivity contribution is 0.102. The normalized spacial score (nSPS) is 10.8. The largest absolute Gasteiger partial charge is 0.496 e. The zero-order chi connectivity index (χ0) is 18.1. The summed E-state index contributed by atoms with van der Waals surface area (Å²) in [6, 6.07) is 13.0. The quantitative estimate of drug-likeness (QED) is 0.579. The first-order valence-electron chi connectivity index (χ1n) is 7.83. The van der Waals surface area contributed by atoms with E-state index in [9.17, 15) is 9.18 Å². The van der Waals surface area contributed by atoms with Gasteiger partial charge in [0.1, 0.15) is 23.1 Å². The highest BCUT2D eigenvalue weighted by molar-refractivity contribution is 7.15. The van der Waals surface area contributed by atoms with Crippen LogP contribution >= 0.6 is 11.3 Å². The summed E-state index contributed by atoms with van der Waals surface area (Å²) in [6.07, 6.45) is 1.83. The molecule has 0 saturated carbocycles. The van der Waals surface area contributed by atoms with Crippen molar-refractivity contribution in [2.75, 3.05) is 12.4 Å². The fourth-order valence-corrected chi connectivity index (χ4v) is 3.44. The molecule has 2 aromatic carbocycles. The number of fused-ring (bicyclic) bond motifs is 1. The Hall–Kier alpha value is -3.19. The minimum Gasteiger partial charge on any atom is -0.496 e. The third kappa shape index (κ3) is 2.82. The lowest BCUT2D eigenvalue weighted by atomic mass is 10.1. The maximum atomic E-state index is 13.3. The zero-order valence-electron chi connectivity index (χ0n) is 13.8. The smallest absolute Gasteiger partial charge is 0.260 e. The molecular weight excluding hydrogens is 353 g/mol. The first kappa shape index (κ1) is 16.3. The van der Waals surface area contributed by atoms with Crippen LogP contribution < -0.4 is 10.1 Å². The molecule has 1 amide bonds. The van der Waals surface area contributed by atoms with E-state index >= 15 is 0 Å². The minimum absolute atomic E-state index is 0.307. The Bertz CT molecular complexity index is 1090. The number of rotatable bonds is 4.